The summed E-state index contributed by atoms with van der Waals surface area (Å²) in [7, 11) is 0. The van der Waals surface area contributed by atoms with Gasteiger partial charge in [-0.3, -0.25) is 9.59 Å². The van der Waals surface area contributed by atoms with Crippen molar-refractivity contribution in [1.29, 1.82) is 0 Å². The predicted molar refractivity (Wildman–Crippen MR) is 124 cm³/mol. The van der Waals surface area contributed by atoms with Crippen LogP contribution >= 0.6 is 27.3 Å². The minimum Gasteiger partial charge on any atom is -0.342 e. The largest absolute Gasteiger partial charge is 0.342 e. The van der Waals surface area contributed by atoms with Crippen LogP contribution in [0.3, 0.4) is 0 Å². The average Bonchev–Trinajstić information content (AvgIpc) is 3.42. The number of carbonyl (C=O) groups excluding carboxylic acids is 2. The number of nitrogens with zero attached hydrogens (tertiary/aromatic N) is 3. The van der Waals surface area contributed by atoms with Crippen LogP contribution in [0.5, 0.6) is 0 Å². The van der Waals surface area contributed by atoms with E-state index in [1.807, 2.05) is 29.2 Å². The molecule has 1 heterocycles. The highest BCUT2D eigenvalue weighted by Gasteiger charge is 2.19. The predicted octanol–water partition coefficient (Wildman–Crippen LogP) is 5.51. The van der Waals surface area contributed by atoms with Gasteiger partial charge in [-0.25, -0.2) is 0 Å². The van der Waals surface area contributed by atoms with Crippen molar-refractivity contribution in [3.05, 3.63) is 28.7 Å². The van der Waals surface area contributed by atoms with Crippen molar-refractivity contribution in [1.82, 2.24) is 15.1 Å². The highest BCUT2D eigenvalue weighted by molar-refractivity contribution is 9.10. The summed E-state index contributed by atoms with van der Waals surface area (Å²) in [6.07, 6.45) is 7.85. The van der Waals surface area contributed by atoms with Crippen LogP contribution in [0.25, 0.3) is 10.6 Å². The maximum Gasteiger partial charge on any atom is 0.227 e. The van der Waals surface area contributed by atoms with Crippen LogP contribution in [0.1, 0.15) is 58.3 Å². The van der Waals surface area contributed by atoms with Crippen LogP contribution in [0, 0.1) is 5.92 Å². The summed E-state index contributed by atoms with van der Waals surface area (Å²) >= 11 is 4.76. The third-order valence-corrected chi connectivity index (χ3v) is 6.88. The molecule has 0 radical (unpaired) electrons. The molecule has 0 spiro atoms. The lowest BCUT2D eigenvalue weighted by Gasteiger charge is -2.22. The van der Waals surface area contributed by atoms with Gasteiger partial charge in [0.05, 0.1) is 0 Å². The maximum absolute atomic E-state index is 12.6. The van der Waals surface area contributed by atoms with E-state index < -0.39 is 0 Å². The number of carbonyl (C=O) groups is 2. The van der Waals surface area contributed by atoms with Gasteiger partial charge in [0, 0.05) is 36.0 Å². The zero-order valence-electron chi connectivity index (χ0n) is 17.4. The minimum absolute atomic E-state index is 0.141. The van der Waals surface area contributed by atoms with E-state index in [4.69, 9.17) is 0 Å². The Hall–Kier alpha value is -1.80. The fraction of sp³-hybridized carbons (Fsp3) is 0.545. The Morgan fingerprint density at radius 3 is 2.57 bits per heavy atom. The van der Waals surface area contributed by atoms with Crippen molar-refractivity contribution in [3.8, 4) is 10.6 Å². The molecule has 6 nitrogen and oxygen atoms in total. The number of aromatic nitrogens is 2. The number of hydrogen-bond acceptors (Lipinski definition) is 5. The van der Waals surface area contributed by atoms with Crippen LogP contribution < -0.4 is 5.32 Å². The molecule has 1 fully saturated rings. The number of anilines is 1. The molecule has 0 bridgehead atoms. The second-order valence-electron chi connectivity index (χ2n) is 7.79. The summed E-state index contributed by atoms with van der Waals surface area (Å²) in [6.45, 7) is 3.20. The number of hydrogen-bond donors (Lipinski definition) is 1. The molecule has 1 aliphatic carbocycles. The standard InChI is InChI=1S/C22H29BrN4O2S/c1-2-14-27(20(29)12-7-16-5-3-4-6-16)15-13-19(28)24-22-26-25-21(30-22)17-8-10-18(23)11-9-17/h8-11,16H,2-7,12-15H2,1H3,(H,24,26,28). The Morgan fingerprint density at radius 1 is 1.13 bits per heavy atom. The Balaban J connectivity index is 1.46. The van der Waals surface area contributed by atoms with Gasteiger partial charge in [-0.05, 0) is 30.9 Å². The van der Waals surface area contributed by atoms with Gasteiger partial charge in [-0.1, -0.05) is 72.0 Å². The molecule has 162 valence electrons. The minimum atomic E-state index is -0.141. The zero-order valence-corrected chi connectivity index (χ0v) is 19.8. The molecule has 8 heteroatoms. The summed E-state index contributed by atoms with van der Waals surface area (Å²) in [4.78, 5) is 26.8. The summed E-state index contributed by atoms with van der Waals surface area (Å²) in [5.74, 6) is 0.737. The van der Waals surface area contributed by atoms with Crippen LogP contribution in [0.2, 0.25) is 0 Å². The van der Waals surface area contributed by atoms with Gasteiger partial charge in [-0.2, -0.15) is 0 Å². The number of nitrogens with one attached hydrogen (secondary N) is 1. The third-order valence-electron chi connectivity index (χ3n) is 5.46. The second-order valence-corrected chi connectivity index (χ2v) is 9.68. The Morgan fingerprint density at radius 2 is 1.87 bits per heavy atom. The van der Waals surface area contributed by atoms with Gasteiger partial charge < -0.3 is 10.2 Å². The number of amides is 2. The highest BCUT2D eigenvalue weighted by Crippen LogP contribution is 2.29. The lowest BCUT2D eigenvalue weighted by Crippen LogP contribution is -2.34. The normalized spacial score (nSPS) is 14.1. The molecule has 0 unspecified atom stereocenters. The van der Waals surface area contributed by atoms with Crippen LogP contribution in [0.15, 0.2) is 28.7 Å². The number of halogens is 1. The molecule has 0 aliphatic heterocycles. The van der Waals surface area contributed by atoms with Gasteiger partial charge in [0.2, 0.25) is 16.9 Å². The molecule has 30 heavy (non-hydrogen) atoms. The lowest BCUT2D eigenvalue weighted by atomic mass is 10.0. The lowest BCUT2D eigenvalue weighted by molar-refractivity contribution is -0.132. The summed E-state index contributed by atoms with van der Waals surface area (Å²) in [5, 5.41) is 12.3. The average molecular weight is 493 g/mol. The molecule has 1 saturated carbocycles. The summed E-state index contributed by atoms with van der Waals surface area (Å²) < 4.78 is 0.999. The van der Waals surface area contributed by atoms with E-state index in [9.17, 15) is 9.59 Å². The van der Waals surface area contributed by atoms with Gasteiger partial charge in [0.25, 0.3) is 0 Å². The Bertz CT molecular complexity index is 834. The molecule has 2 amide bonds. The zero-order chi connectivity index (χ0) is 21.3. The van der Waals surface area contributed by atoms with Crippen LogP contribution in [-0.2, 0) is 9.59 Å². The molecular weight excluding hydrogens is 464 g/mol. The van der Waals surface area contributed by atoms with E-state index in [1.54, 1.807) is 0 Å². The van der Waals surface area contributed by atoms with Crippen molar-refractivity contribution in [3.63, 3.8) is 0 Å². The smallest absolute Gasteiger partial charge is 0.227 e. The van der Waals surface area contributed by atoms with E-state index in [2.05, 4.69) is 38.4 Å². The van der Waals surface area contributed by atoms with Crippen molar-refractivity contribution in [2.75, 3.05) is 18.4 Å². The van der Waals surface area contributed by atoms with E-state index in [0.29, 0.717) is 30.6 Å². The maximum atomic E-state index is 12.6. The molecule has 1 aromatic heterocycles. The van der Waals surface area contributed by atoms with Crippen molar-refractivity contribution >= 4 is 44.2 Å². The van der Waals surface area contributed by atoms with Gasteiger partial charge in [0.1, 0.15) is 5.01 Å². The topological polar surface area (TPSA) is 75.2 Å². The van der Waals surface area contributed by atoms with Crippen LogP contribution in [0.4, 0.5) is 5.13 Å². The fourth-order valence-electron chi connectivity index (χ4n) is 3.82. The van der Waals surface area contributed by atoms with Gasteiger partial charge in [-0.15, -0.1) is 10.2 Å². The van der Waals surface area contributed by atoms with Gasteiger partial charge >= 0.3 is 0 Å². The van der Waals surface area contributed by atoms with E-state index in [1.165, 1.54) is 37.0 Å². The molecule has 3 rings (SSSR count). The number of benzene rings is 1. The first-order valence-electron chi connectivity index (χ1n) is 10.7. The molecule has 1 aromatic carbocycles. The highest BCUT2D eigenvalue weighted by atomic mass is 79.9. The monoisotopic (exact) mass is 492 g/mol. The quantitative estimate of drug-likeness (QED) is 0.474. The first-order valence-corrected chi connectivity index (χ1v) is 12.3. The summed E-state index contributed by atoms with van der Waals surface area (Å²) in [5.41, 5.74) is 0.957. The van der Waals surface area contributed by atoms with Crippen molar-refractivity contribution in [2.24, 2.45) is 5.92 Å². The fourth-order valence-corrected chi connectivity index (χ4v) is 4.85. The molecule has 0 atom stereocenters. The van der Waals surface area contributed by atoms with Gasteiger partial charge in [0.15, 0.2) is 0 Å². The first-order chi connectivity index (χ1) is 14.5. The molecule has 1 aliphatic rings. The third kappa shape index (κ3) is 6.87. The number of rotatable bonds is 10. The second kappa shape index (κ2) is 11.6. The molecule has 2 aromatic rings. The molecular formula is C22H29BrN4O2S. The van der Waals surface area contributed by atoms with Crippen LogP contribution in [-0.4, -0.2) is 40.0 Å². The molecule has 0 saturated heterocycles. The molecule has 1 N–H and O–H groups in total. The van der Waals surface area contributed by atoms with Crippen molar-refractivity contribution in [2.45, 2.75) is 58.3 Å². The summed E-state index contributed by atoms with van der Waals surface area (Å²) in [6, 6.07) is 7.80. The Labute approximate surface area is 190 Å². The van der Waals surface area contributed by atoms with Crippen molar-refractivity contribution < 1.29 is 9.59 Å². The first kappa shape index (κ1) is 22.9. The van der Waals surface area contributed by atoms with E-state index in [-0.39, 0.29) is 18.2 Å². The van der Waals surface area contributed by atoms with E-state index in [0.717, 1.165) is 27.9 Å². The van der Waals surface area contributed by atoms with E-state index >= 15 is 0 Å². The SMILES string of the molecule is CCCN(CCC(=O)Nc1nnc(-c2ccc(Br)cc2)s1)C(=O)CCC1CCCC1. The Kier molecular flexibility index (Phi) is 8.81.